The minimum atomic E-state index is -0.132. The molecule has 0 heterocycles. The molecule has 2 unspecified atom stereocenters. The topological polar surface area (TPSA) is 3.24 Å². The van der Waals surface area contributed by atoms with Crippen molar-refractivity contribution in [1.29, 1.82) is 0 Å². The Hall–Kier alpha value is -1.19. The van der Waals surface area contributed by atoms with Gasteiger partial charge in [-0.15, -0.1) is 0 Å². The van der Waals surface area contributed by atoms with E-state index in [4.69, 9.17) is 0 Å². The predicted octanol–water partition coefficient (Wildman–Crippen LogP) is 5.00. The summed E-state index contributed by atoms with van der Waals surface area (Å²) in [6.07, 6.45) is 0. The van der Waals surface area contributed by atoms with E-state index in [0.29, 0.717) is 5.92 Å². The van der Waals surface area contributed by atoms with Crippen LogP contribution in [0.1, 0.15) is 30.0 Å². The van der Waals surface area contributed by atoms with Crippen LogP contribution >= 0.6 is 15.9 Å². The Labute approximate surface area is 134 Å². The third-order valence-electron chi connectivity index (χ3n) is 3.98. The van der Waals surface area contributed by atoms with Gasteiger partial charge in [0, 0.05) is 29.4 Å². The average Bonchev–Trinajstić information content (AvgIpc) is 2.53. The van der Waals surface area contributed by atoms with Gasteiger partial charge in [0.15, 0.2) is 0 Å². The van der Waals surface area contributed by atoms with Crippen LogP contribution in [0.3, 0.4) is 0 Å². The van der Waals surface area contributed by atoms with Crippen LogP contribution in [-0.4, -0.2) is 23.8 Å². The highest BCUT2D eigenvalue weighted by Crippen LogP contribution is 2.26. The standard InChI is InChI=1S/C18H21BrFN/c1-14(17-10-6-7-11-18(17)20)21(2)13-16(12-19)15-8-4-3-5-9-15/h3-11,14,16H,12-13H2,1-2H3. The van der Waals surface area contributed by atoms with Gasteiger partial charge in [0.25, 0.3) is 0 Å². The summed E-state index contributed by atoms with van der Waals surface area (Å²) in [5, 5.41) is 0.894. The van der Waals surface area contributed by atoms with Crippen LogP contribution in [0.15, 0.2) is 54.6 Å². The molecule has 0 amide bonds. The Morgan fingerprint density at radius 2 is 1.67 bits per heavy atom. The first-order chi connectivity index (χ1) is 10.1. The fraction of sp³-hybridized carbons (Fsp3) is 0.333. The summed E-state index contributed by atoms with van der Waals surface area (Å²) < 4.78 is 13.9. The fourth-order valence-corrected chi connectivity index (χ4v) is 3.10. The Balaban J connectivity index is 2.09. The van der Waals surface area contributed by atoms with Crippen molar-refractivity contribution >= 4 is 15.9 Å². The van der Waals surface area contributed by atoms with Crippen molar-refractivity contribution < 1.29 is 4.39 Å². The largest absolute Gasteiger partial charge is 0.299 e. The molecular formula is C18H21BrFN. The maximum absolute atomic E-state index is 13.9. The Morgan fingerprint density at radius 3 is 2.29 bits per heavy atom. The number of likely N-dealkylation sites (N-methyl/N-ethyl adjacent to an activating group) is 1. The zero-order chi connectivity index (χ0) is 15.2. The van der Waals surface area contributed by atoms with E-state index in [1.807, 2.05) is 18.2 Å². The first-order valence-electron chi connectivity index (χ1n) is 7.19. The lowest BCUT2D eigenvalue weighted by molar-refractivity contribution is 0.245. The summed E-state index contributed by atoms with van der Waals surface area (Å²) in [5.41, 5.74) is 2.06. The molecule has 112 valence electrons. The number of hydrogen-bond acceptors (Lipinski definition) is 1. The van der Waals surface area contributed by atoms with Gasteiger partial charge < -0.3 is 0 Å². The summed E-state index contributed by atoms with van der Waals surface area (Å²) in [7, 11) is 2.05. The van der Waals surface area contributed by atoms with Gasteiger partial charge in [0.2, 0.25) is 0 Å². The van der Waals surface area contributed by atoms with Crippen molar-refractivity contribution in [2.24, 2.45) is 0 Å². The summed E-state index contributed by atoms with van der Waals surface area (Å²) in [6, 6.07) is 17.5. The van der Waals surface area contributed by atoms with Crippen molar-refractivity contribution in [3.8, 4) is 0 Å². The smallest absolute Gasteiger partial charge is 0.127 e. The summed E-state index contributed by atoms with van der Waals surface area (Å²) in [6.45, 7) is 2.93. The second-order valence-electron chi connectivity index (χ2n) is 5.40. The van der Waals surface area contributed by atoms with E-state index in [1.54, 1.807) is 6.07 Å². The molecule has 0 aliphatic rings. The van der Waals surface area contributed by atoms with Crippen LogP contribution in [0, 0.1) is 5.82 Å². The predicted molar refractivity (Wildman–Crippen MR) is 90.4 cm³/mol. The third kappa shape index (κ3) is 4.14. The van der Waals surface area contributed by atoms with Gasteiger partial charge in [-0.1, -0.05) is 64.5 Å². The molecule has 0 radical (unpaired) electrons. The molecule has 0 fully saturated rings. The van der Waals surface area contributed by atoms with Crippen LogP contribution in [0.2, 0.25) is 0 Å². The van der Waals surface area contributed by atoms with Gasteiger partial charge in [-0.2, -0.15) is 0 Å². The van der Waals surface area contributed by atoms with E-state index in [1.165, 1.54) is 11.6 Å². The maximum Gasteiger partial charge on any atom is 0.127 e. The van der Waals surface area contributed by atoms with Crippen LogP contribution in [0.25, 0.3) is 0 Å². The van der Waals surface area contributed by atoms with Crippen LogP contribution in [-0.2, 0) is 0 Å². The van der Waals surface area contributed by atoms with Crippen molar-refractivity contribution in [3.63, 3.8) is 0 Å². The lowest BCUT2D eigenvalue weighted by Gasteiger charge is -2.29. The van der Waals surface area contributed by atoms with Crippen molar-refractivity contribution in [1.82, 2.24) is 4.90 Å². The first-order valence-corrected chi connectivity index (χ1v) is 8.31. The molecule has 0 aromatic heterocycles. The number of benzene rings is 2. The van der Waals surface area contributed by atoms with E-state index in [-0.39, 0.29) is 11.9 Å². The molecule has 0 spiro atoms. The number of alkyl halides is 1. The zero-order valence-corrected chi connectivity index (χ0v) is 14.1. The second-order valence-corrected chi connectivity index (χ2v) is 6.05. The molecule has 3 heteroatoms. The highest BCUT2D eigenvalue weighted by molar-refractivity contribution is 9.09. The summed E-state index contributed by atoms with van der Waals surface area (Å²) in [5.74, 6) is 0.261. The van der Waals surface area contributed by atoms with Gasteiger partial charge in [0.05, 0.1) is 0 Å². The highest BCUT2D eigenvalue weighted by Gasteiger charge is 2.19. The van der Waals surface area contributed by atoms with Crippen LogP contribution in [0.4, 0.5) is 4.39 Å². The Morgan fingerprint density at radius 1 is 1.05 bits per heavy atom. The molecule has 0 aliphatic carbocycles. The van der Waals surface area contributed by atoms with Gasteiger partial charge in [0.1, 0.15) is 5.82 Å². The fourth-order valence-electron chi connectivity index (χ4n) is 2.53. The minimum Gasteiger partial charge on any atom is -0.299 e. The van der Waals surface area contributed by atoms with Gasteiger partial charge >= 0.3 is 0 Å². The molecule has 0 saturated heterocycles. The normalized spacial score (nSPS) is 14.1. The highest BCUT2D eigenvalue weighted by atomic mass is 79.9. The van der Waals surface area contributed by atoms with Crippen molar-refractivity contribution in [2.75, 3.05) is 18.9 Å². The SMILES string of the molecule is CC(c1ccccc1F)N(C)CC(CBr)c1ccccc1. The summed E-state index contributed by atoms with van der Waals surface area (Å²) >= 11 is 3.60. The van der Waals surface area contributed by atoms with E-state index in [2.05, 4.69) is 59.1 Å². The zero-order valence-electron chi connectivity index (χ0n) is 12.5. The second kappa shape index (κ2) is 7.71. The lowest BCUT2D eigenvalue weighted by Crippen LogP contribution is -2.28. The molecule has 2 atom stereocenters. The molecule has 0 bridgehead atoms. The lowest BCUT2D eigenvalue weighted by atomic mass is 9.99. The molecule has 2 aromatic carbocycles. The number of nitrogens with zero attached hydrogens (tertiary/aromatic N) is 1. The van der Waals surface area contributed by atoms with Gasteiger partial charge in [-0.25, -0.2) is 4.39 Å². The number of rotatable bonds is 6. The van der Waals surface area contributed by atoms with E-state index in [0.717, 1.165) is 17.4 Å². The van der Waals surface area contributed by atoms with E-state index < -0.39 is 0 Å². The molecule has 0 N–H and O–H groups in total. The molecule has 1 nitrogen and oxygen atoms in total. The average molecular weight is 350 g/mol. The monoisotopic (exact) mass is 349 g/mol. The van der Waals surface area contributed by atoms with Gasteiger partial charge in [-0.3, -0.25) is 4.90 Å². The van der Waals surface area contributed by atoms with Crippen molar-refractivity contribution in [3.05, 3.63) is 71.5 Å². The molecular weight excluding hydrogens is 329 g/mol. The molecule has 0 saturated carbocycles. The van der Waals surface area contributed by atoms with Crippen molar-refractivity contribution in [2.45, 2.75) is 18.9 Å². The molecule has 2 rings (SSSR count). The first kappa shape index (κ1) is 16.2. The molecule has 0 aliphatic heterocycles. The summed E-state index contributed by atoms with van der Waals surface area (Å²) in [4.78, 5) is 2.21. The van der Waals surface area contributed by atoms with E-state index in [9.17, 15) is 4.39 Å². The third-order valence-corrected chi connectivity index (χ3v) is 4.76. The van der Waals surface area contributed by atoms with Crippen LogP contribution in [0.5, 0.6) is 0 Å². The minimum absolute atomic E-state index is 0.0523. The number of hydrogen-bond donors (Lipinski definition) is 0. The molecule has 2 aromatic rings. The quantitative estimate of drug-likeness (QED) is 0.663. The Kier molecular flexibility index (Phi) is 5.95. The molecule has 21 heavy (non-hydrogen) atoms. The van der Waals surface area contributed by atoms with E-state index >= 15 is 0 Å². The number of halogens is 2. The van der Waals surface area contributed by atoms with Gasteiger partial charge in [-0.05, 0) is 25.6 Å². The Bertz CT molecular complexity index is 558. The maximum atomic E-state index is 13.9. The van der Waals surface area contributed by atoms with Crippen LogP contribution < -0.4 is 0 Å².